The molecular weight excluding hydrogens is 304 g/mol. The average Bonchev–Trinajstić information content (AvgIpc) is 2.74. The molecule has 4 heteroatoms. The zero-order valence-corrected chi connectivity index (χ0v) is 13.4. The molecule has 1 aliphatic rings. The van der Waals surface area contributed by atoms with Gasteiger partial charge in [0.15, 0.2) is 5.78 Å². The van der Waals surface area contributed by atoms with Gasteiger partial charge in [0.2, 0.25) is 0 Å². The number of hydrogen-bond donors (Lipinski definition) is 0. The predicted molar refractivity (Wildman–Crippen MR) is 83.1 cm³/mol. The van der Waals surface area contributed by atoms with Crippen LogP contribution < -0.4 is 4.90 Å². The van der Waals surface area contributed by atoms with E-state index in [2.05, 4.69) is 39.8 Å². The monoisotopic (exact) mass is 324 g/mol. The number of carbonyl (C=O) groups excluding carboxylic acids is 1. The van der Waals surface area contributed by atoms with E-state index in [4.69, 9.17) is 0 Å². The van der Waals surface area contributed by atoms with Gasteiger partial charge in [-0.3, -0.25) is 4.79 Å². The van der Waals surface area contributed by atoms with Crippen LogP contribution in [-0.4, -0.2) is 43.9 Å². The topological polar surface area (TPSA) is 23.6 Å². The summed E-state index contributed by atoms with van der Waals surface area (Å²) in [5.41, 5.74) is 1.81. The van der Waals surface area contributed by atoms with E-state index in [-0.39, 0.29) is 5.78 Å². The molecule has 1 fully saturated rings. The second-order valence-electron chi connectivity index (χ2n) is 5.37. The lowest BCUT2D eigenvalue weighted by atomic mass is 10.1. The third-order valence-corrected chi connectivity index (χ3v) is 4.40. The molecule has 0 bridgehead atoms. The molecule has 104 valence electrons. The second kappa shape index (κ2) is 6.06. The van der Waals surface area contributed by atoms with Crippen LogP contribution in [-0.2, 0) is 0 Å². The standard InChI is InChI=1S/C15H21BrN2O/c1-11(19)14-7-6-12(16)9-15(14)18(3)10-13-5-4-8-17(13)2/h6-7,9,13H,4-5,8,10H2,1-3H3. The molecule has 0 aromatic heterocycles. The lowest BCUT2D eigenvalue weighted by Gasteiger charge is -2.28. The number of rotatable bonds is 4. The van der Waals surface area contributed by atoms with Crippen molar-refractivity contribution in [2.24, 2.45) is 0 Å². The fourth-order valence-electron chi connectivity index (χ4n) is 2.74. The fraction of sp³-hybridized carbons (Fsp3) is 0.533. The van der Waals surface area contributed by atoms with Crippen LogP contribution in [0.3, 0.4) is 0 Å². The highest BCUT2D eigenvalue weighted by Gasteiger charge is 2.23. The Balaban J connectivity index is 2.20. The van der Waals surface area contributed by atoms with Gasteiger partial charge in [-0.2, -0.15) is 0 Å². The van der Waals surface area contributed by atoms with E-state index in [1.165, 1.54) is 19.4 Å². The highest BCUT2D eigenvalue weighted by Crippen LogP contribution is 2.26. The number of anilines is 1. The molecule has 0 spiro atoms. The number of hydrogen-bond acceptors (Lipinski definition) is 3. The Morgan fingerprint density at radius 2 is 2.26 bits per heavy atom. The summed E-state index contributed by atoms with van der Waals surface area (Å²) in [4.78, 5) is 16.3. The zero-order chi connectivity index (χ0) is 14.0. The van der Waals surface area contributed by atoms with Gasteiger partial charge in [0.25, 0.3) is 0 Å². The van der Waals surface area contributed by atoms with Crippen molar-refractivity contribution in [3.8, 4) is 0 Å². The van der Waals surface area contributed by atoms with Gasteiger partial charge in [-0.25, -0.2) is 0 Å². The Morgan fingerprint density at radius 3 is 2.84 bits per heavy atom. The molecule has 0 N–H and O–H groups in total. The molecule has 1 atom stereocenters. The number of ketones is 1. The SMILES string of the molecule is CC(=O)c1ccc(Br)cc1N(C)CC1CCCN1C. The summed E-state index contributed by atoms with van der Waals surface area (Å²) >= 11 is 3.49. The third kappa shape index (κ3) is 3.37. The van der Waals surface area contributed by atoms with Crippen LogP contribution in [0.1, 0.15) is 30.1 Å². The Bertz CT molecular complexity index is 475. The number of Topliss-reactive ketones (excluding diaryl/α,β-unsaturated/α-hetero) is 1. The number of nitrogens with zero attached hydrogens (tertiary/aromatic N) is 2. The smallest absolute Gasteiger partial charge is 0.161 e. The van der Waals surface area contributed by atoms with Crippen molar-refractivity contribution < 1.29 is 4.79 Å². The van der Waals surface area contributed by atoms with Gasteiger partial charge in [-0.1, -0.05) is 15.9 Å². The molecule has 1 saturated heterocycles. The molecule has 1 heterocycles. The molecule has 0 aliphatic carbocycles. The molecule has 1 aromatic rings. The van der Waals surface area contributed by atoms with Gasteiger partial charge in [0, 0.05) is 35.4 Å². The molecule has 19 heavy (non-hydrogen) atoms. The van der Waals surface area contributed by atoms with Crippen LogP contribution in [0.5, 0.6) is 0 Å². The summed E-state index contributed by atoms with van der Waals surface area (Å²) in [6.07, 6.45) is 2.51. The summed E-state index contributed by atoms with van der Waals surface area (Å²) in [5.74, 6) is 0.120. The molecule has 3 nitrogen and oxygen atoms in total. The van der Waals surface area contributed by atoms with Crippen LogP contribution in [0.4, 0.5) is 5.69 Å². The van der Waals surface area contributed by atoms with Crippen molar-refractivity contribution in [2.75, 3.05) is 32.1 Å². The fourth-order valence-corrected chi connectivity index (χ4v) is 3.09. The first-order chi connectivity index (χ1) is 8.99. The number of likely N-dealkylation sites (N-methyl/N-ethyl adjacent to an activating group) is 2. The first kappa shape index (κ1) is 14.5. The Morgan fingerprint density at radius 1 is 1.53 bits per heavy atom. The maximum absolute atomic E-state index is 11.7. The molecule has 0 saturated carbocycles. The minimum Gasteiger partial charge on any atom is -0.372 e. The van der Waals surface area contributed by atoms with Crippen LogP contribution >= 0.6 is 15.9 Å². The molecule has 1 aromatic carbocycles. The van der Waals surface area contributed by atoms with E-state index < -0.39 is 0 Å². The van der Waals surface area contributed by atoms with Crippen molar-refractivity contribution in [3.05, 3.63) is 28.2 Å². The van der Waals surface area contributed by atoms with E-state index in [1.807, 2.05) is 18.2 Å². The van der Waals surface area contributed by atoms with E-state index in [1.54, 1.807) is 6.92 Å². The van der Waals surface area contributed by atoms with Crippen molar-refractivity contribution >= 4 is 27.4 Å². The second-order valence-corrected chi connectivity index (χ2v) is 6.29. The van der Waals surface area contributed by atoms with Crippen molar-refractivity contribution in [3.63, 3.8) is 0 Å². The number of carbonyl (C=O) groups is 1. The summed E-state index contributed by atoms with van der Waals surface area (Å²) in [7, 11) is 4.25. The normalized spacial score (nSPS) is 19.7. The summed E-state index contributed by atoms with van der Waals surface area (Å²) in [6.45, 7) is 3.77. The summed E-state index contributed by atoms with van der Waals surface area (Å²) in [5, 5.41) is 0. The van der Waals surface area contributed by atoms with Gasteiger partial charge in [0.05, 0.1) is 0 Å². The molecule has 2 rings (SSSR count). The summed E-state index contributed by atoms with van der Waals surface area (Å²) < 4.78 is 1.01. The lowest BCUT2D eigenvalue weighted by molar-refractivity contribution is 0.101. The first-order valence-corrected chi connectivity index (χ1v) is 7.50. The van der Waals surface area contributed by atoms with Gasteiger partial charge in [-0.05, 0) is 51.6 Å². The van der Waals surface area contributed by atoms with Gasteiger partial charge < -0.3 is 9.80 Å². The van der Waals surface area contributed by atoms with Crippen LogP contribution in [0.15, 0.2) is 22.7 Å². The van der Waals surface area contributed by atoms with Crippen molar-refractivity contribution in [2.45, 2.75) is 25.8 Å². The molecule has 1 unspecified atom stereocenters. The third-order valence-electron chi connectivity index (χ3n) is 3.91. The Labute approximate surface area is 123 Å². The Kier molecular flexibility index (Phi) is 4.63. The maximum atomic E-state index is 11.7. The van der Waals surface area contributed by atoms with Crippen LogP contribution in [0.25, 0.3) is 0 Å². The molecule has 0 radical (unpaired) electrons. The van der Waals surface area contributed by atoms with Crippen LogP contribution in [0, 0.1) is 0 Å². The van der Waals surface area contributed by atoms with Crippen molar-refractivity contribution in [1.82, 2.24) is 4.90 Å². The molecule has 1 aliphatic heterocycles. The molecule has 0 amide bonds. The quantitative estimate of drug-likeness (QED) is 0.795. The maximum Gasteiger partial charge on any atom is 0.161 e. The minimum atomic E-state index is 0.120. The van der Waals surface area contributed by atoms with Gasteiger partial charge >= 0.3 is 0 Å². The van der Waals surface area contributed by atoms with Crippen LogP contribution in [0.2, 0.25) is 0 Å². The zero-order valence-electron chi connectivity index (χ0n) is 11.8. The Hall–Kier alpha value is -0.870. The van der Waals surface area contributed by atoms with E-state index >= 15 is 0 Å². The number of halogens is 1. The van der Waals surface area contributed by atoms with E-state index in [9.17, 15) is 4.79 Å². The molecular formula is C15H21BrN2O. The lowest BCUT2D eigenvalue weighted by Crippen LogP contribution is -2.37. The largest absolute Gasteiger partial charge is 0.372 e. The van der Waals surface area contributed by atoms with Gasteiger partial charge in [-0.15, -0.1) is 0 Å². The van der Waals surface area contributed by atoms with Gasteiger partial charge in [0.1, 0.15) is 0 Å². The predicted octanol–water partition coefficient (Wildman–Crippen LogP) is 3.18. The minimum absolute atomic E-state index is 0.120. The van der Waals surface area contributed by atoms with E-state index in [0.717, 1.165) is 22.3 Å². The van der Waals surface area contributed by atoms with E-state index in [0.29, 0.717) is 6.04 Å². The first-order valence-electron chi connectivity index (χ1n) is 6.71. The number of benzene rings is 1. The summed E-state index contributed by atoms with van der Waals surface area (Å²) in [6, 6.07) is 6.45. The average molecular weight is 325 g/mol. The highest BCUT2D eigenvalue weighted by molar-refractivity contribution is 9.10. The highest BCUT2D eigenvalue weighted by atomic mass is 79.9. The van der Waals surface area contributed by atoms with Crippen molar-refractivity contribution in [1.29, 1.82) is 0 Å². The number of likely N-dealkylation sites (tertiary alicyclic amines) is 1.